The first-order valence-corrected chi connectivity index (χ1v) is 24.3. The Balaban J connectivity index is 0.00000153. The summed E-state index contributed by atoms with van der Waals surface area (Å²) in [4.78, 5) is 57.1. The van der Waals surface area contributed by atoms with E-state index < -0.39 is 94.7 Å². The molecule has 2 unspecified atom stereocenters. The quantitative estimate of drug-likeness (QED) is 0.0330. The molecule has 0 radical (unpaired) electrons. The first-order chi connectivity index (χ1) is 35.8. The van der Waals surface area contributed by atoms with Crippen molar-refractivity contribution in [1.82, 2.24) is 31.2 Å². The fourth-order valence-corrected chi connectivity index (χ4v) is 8.74. The van der Waals surface area contributed by atoms with Crippen LogP contribution >= 0.6 is 0 Å². The van der Waals surface area contributed by atoms with Gasteiger partial charge in [0.25, 0.3) is 0 Å². The van der Waals surface area contributed by atoms with Crippen LogP contribution in [0.15, 0.2) is 67.9 Å². The molecule has 3 fully saturated rings. The molecule has 3 aliphatic rings. The molecule has 0 aliphatic carbocycles. The van der Waals surface area contributed by atoms with Gasteiger partial charge in [0.1, 0.15) is 29.5 Å². The summed E-state index contributed by atoms with van der Waals surface area (Å²) in [5.41, 5.74) is 2.82. The molecule has 420 valence electrons. The molecular weight excluding hydrogens is 1000 g/mol. The third-order valence-electron chi connectivity index (χ3n) is 13.2. The van der Waals surface area contributed by atoms with Crippen LogP contribution in [0.1, 0.15) is 79.6 Å². The molecule has 4 amide bonds. The number of nitrogens with two attached hydrogens (primary N) is 1. The molecule has 2 aromatic carbocycles. The lowest BCUT2D eigenvalue weighted by Gasteiger charge is -2.47. The van der Waals surface area contributed by atoms with Crippen LogP contribution in [0.5, 0.6) is 0 Å². The van der Waals surface area contributed by atoms with Gasteiger partial charge >= 0.3 is 18.4 Å². The number of rotatable bonds is 17. The van der Waals surface area contributed by atoms with Crippen molar-refractivity contribution in [3.05, 3.63) is 107 Å². The van der Waals surface area contributed by atoms with E-state index in [0.717, 1.165) is 65.2 Å². The monoisotopic (exact) mass is 1070 g/mol. The molecule has 6 atom stereocenters. The highest BCUT2D eigenvalue weighted by Crippen LogP contribution is 2.41. The Bertz CT molecular complexity index is 2550. The van der Waals surface area contributed by atoms with Crippen molar-refractivity contribution in [3.8, 4) is 11.8 Å². The first kappa shape index (κ1) is 61.5. The molecule has 3 aliphatic heterocycles. The molecule has 0 saturated carbocycles. The van der Waals surface area contributed by atoms with Crippen molar-refractivity contribution in [1.29, 1.82) is 10.8 Å². The highest BCUT2D eigenvalue weighted by atomic mass is 19.4. The van der Waals surface area contributed by atoms with E-state index in [-0.39, 0.29) is 22.8 Å². The third-order valence-corrected chi connectivity index (χ3v) is 13.2. The number of aliphatic hydroxyl groups excluding tert-OH is 1. The Morgan fingerprint density at radius 2 is 1.43 bits per heavy atom. The third kappa shape index (κ3) is 16.3. The van der Waals surface area contributed by atoms with Crippen molar-refractivity contribution in [2.24, 2.45) is 16.6 Å². The number of benzene rings is 2. The summed E-state index contributed by atoms with van der Waals surface area (Å²) >= 11 is 0. The summed E-state index contributed by atoms with van der Waals surface area (Å²) in [7, 11) is 2.16. The molecular formula is C53H75F5N10O8. The van der Waals surface area contributed by atoms with E-state index in [0.29, 0.717) is 41.0 Å². The fraction of sp³-hybridized carbons (Fsp3) is 0.491. The Labute approximate surface area is 444 Å². The second-order valence-electron chi connectivity index (χ2n) is 19.9. The van der Waals surface area contributed by atoms with Gasteiger partial charge in [-0.2, -0.15) is 13.2 Å². The van der Waals surface area contributed by atoms with Gasteiger partial charge in [-0.15, -0.1) is 13.2 Å². The van der Waals surface area contributed by atoms with Gasteiger partial charge in [-0.05, 0) is 80.5 Å². The van der Waals surface area contributed by atoms with Crippen LogP contribution < -0.4 is 31.9 Å². The number of aromatic nitrogens is 1. The maximum Gasteiger partial charge on any atom is 0.407 e. The van der Waals surface area contributed by atoms with Crippen LogP contribution in [0.4, 0.5) is 37.4 Å². The summed E-state index contributed by atoms with van der Waals surface area (Å²) in [5.74, 6) is 3.25. The topological polar surface area (TPSA) is 257 Å². The van der Waals surface area contributed by atoms with Gasteiger partial charge in [0.15, 0.2) is 0 Å². The number of amides is 4. The van der Waals surface area contributed by atoms with Crippen molar-refractivity contribution in [2.45, 2.75) is 109 Å². The van der Waals surface area contributed by atoms with E-state index in [1.54, 1.807) is 51.2 Å². The molecule has 6 rings (SSSR count). The molecule has 9 N–H and O–H groups in total. The van der Waals surface area contributed by atoms with E-state index in [1.807, 2.05) is 17.4 Å². The summed E-state index contributed by atoms with van der Waals surface area (Å²) in [5, 5.41) is 35.6. The highest BCUT2D eigenvalue weighted by molar-refractivity contribution is 6.35. The number of pyridine rings is 1. The number of alkyl halides is 3. The van der Waals surface area contributed by atoms with Crippen LogP contribution in [-0.2, 0) is 36.8 Å². The maximum atomic E-state index is 14.8. The number of anilines is 1. The molecule has 3 saturated heterocycles. The van der Waals surface area contributed by atoms with Crippen molar-refractivity contribution >= 4 is 41.7 Å². The average Bonchev–Trinajstić information content (AvgIpc) is 3.59. The van der Waals surface area contributed by atoms with Gasteiger partial charge in [-0.3, -0.25) is 19.9 Å². The number of hydrogen-bond donors (Lipinski definition) is 8. The van der Waals surface area contributed by atoms with Crippen LogP contribution in [-0.4, -0.2) is 147 Å². The largest absolute Gasteiger partial charge is 0.453 e. The van der Waals surface area contributed by atoms with Gasteiger partial charge in [0.05, 0.1) is 56.7 Å². The lowest BCUT2D eigenvalue weighted by atomic mass is 9.82. The minimum Gasteiger partial charge on any atom is -0.453 e. The van der Waals surface area contributed by atoms with Crippen LogP contribution in [0.25, 0.3) is 0 Å². The highest BCUT2D eigenvalue weighted by Gasteiger charge is 2.56. The smallest absolute Gasteiger partial charge is 0.407 e. The summed E-state index contributed by atoms with van der Waals surface area (Å²) < 4.78 is 86.4. The van der Waals surface area contributed by atoms with Crippen LogP contribution in [0.2, 0.25) is 0 Å². The summed E-state index contributed by atoms with van der Waals surface area (Å²) in [6.45, 7) is 15.5. The standard InChI is InChI=1S/C43H49F5N8O5.C8H16N2O3.C2H4.3H2/c1-42(2,43(46,47)48)39(54-41(59)60-3)40(58)53-36(37(57)20-51-19-32-33(44)15-28(16-34(32)45)35(50)17-49)14-26-7-4-25(5-8-26)6-9-27-10-13-38(52-18-27)55-21-29-11-12-30(22-55)56(29)31-23-61-24-31;1-8(2,3)5(6(9)11)10-7(12)13-4;1-2;;;/h4-5,7-8,10,13,15-18,29-31,36-37,39,49-51,57H,11-12,14,19-24H2,1-3H3,(H,53,58)(H,54,59);5H,1-4H3,(H2,9,11)(H,10,12);1-2H2;3*1H/t29?,30?,36-,37-,39+;5-;;;;/m01..../s1. The molecule has 3 aromatic rings. The average molecular weight is 1080 g/mol. The Hall–Kier alpha value is -7.00. The van der Waals surface area contributed by atoms with Gasteiger partial charge in [-0.25, -0.2) is 23.4 Å². The number of carbonyl (C=O) groups excluding carboxylic acids is 4. The number of halogens is 5. The zero-order valence-corrected chi connectivity index (χ0v) is 43.7. The van der Waals surface area contributed by atoms with Crippen LogP contribution in [0.3, 0.4) is 0 Å². The zero-order valence-electron chi connectivity index (χ0n) is 43.7. The first-order valence-electron chi connectivity index (χ1n) is 24.3. The molecule has 23 heteroatoms. The number of carbonyl (C=O) groups is 4. The van der Waals surface area contributed by atoms with Crippen molar-refractivity contribution in [2.75, 3.05) is 52.0 Å². The number of nitrogens with one attached hydrogen (secondary N) is 6. The minimum atomic E-state index is -4.96. The molecule has 1 aromatic heterocycles. The van der Waals surface area contributed by atoms with E-state index in [9.17, 15) is 46.2 Å². The lowest BCUT2D eigenvalue weighted by Crippen LogP contribution is -2.62. The number of primary amides is 1. The summed E-state index contributed by atoms with van der Waals surface area (Å²) in [6, 6.07) is 9.77. The molecule has 18 nitrogen and oxygen atoms in total. The van der Waals surface area contributed by atoms with E-state index in [4.69, 9.17) is 26.3 Å². The Morgan fingerprint density at radius 3 is 1.89 bits per heavy atom. The van der Waals surface area contributed by atoms with Gasteiger partial charge in [0, 0.05) is 77.2 Å². The molecule has 76 heavy (non-hydrogen) atoms. The molecule has 2 bridgehead atoms. The maximum absolute atomic E-state index is 14.8. The number of fused-ring (bicyclic) bond motifs is 2. The van der Waals surface area contributed by atoms with Crippen molar-refractivity contribution < 1.29 is 64.7 Å². The number of hydrogen-bond acceptors (Lipinski definition) is 14. The van der Waals surface area contributed by atoms with Crippen molar-refractivity contribution in [3.63, 3.8) is 0 Å². The number of aliphatic hydroxyl groups is 1. The van der Waals surface area contributed by atoms with Gasteiger partial charge in [0.2, 0.25) is 11.8 Å². The van der Waals surface area contributed by atoms with E-state index >= 15 is 0 Å². The van der Waals surface area contributed by atoms with Crippen LogP contribution in [0, 0.1) is 45.1 Å². The minimum absolute atomic E-state index is 0. The second-order valence-corrected chi connectivity index (χ2v) is 19.9. The molecule has 0 spiro atoms. The summed E-state index contributed by atoms with van der Waals surface area (Å²) in [6.07, 6.45) is -3.83. The van der Waals surface area contributed by atoms with E-state index in [1.165, 1.54) is 20.0 Å². The number of alkyl carbamates (subject to hydrolysis) is 2. The predicted octanol–water partition coefficient (Wildman–Crippen LogP) is 6.10. The van der Waals surface area contributed by atoms with Gasteiger partial charge < -0.3 is 56.6 Å². The number of methoxy groups -OCH3 is 2. The number of nitrogens with zero attached hydrogens (tertiary/aromatic N) is 3. The van der Waals surface area contributed by atoms with Gasteiger partial charge in [-0.1, -0.05) is 44.7 Å². The second kappa shape index (κ2) is 27.2. The lowest BCUT2D eigenvalue weighted by molar-refractivity contribution is -0.220. The SMILES string of the molecule is C=C.COC(=O)N[C@H](C(=O)N[C@@H](Cc1ccc(C#Cc2ccc(N3CC4CCC(C3)N4C3COC3)nc2)cc1)[C@@H](O)CNCc1c(F)cc(C(=N)C=N)cc1F)C(C)(C)C(F)(F)F.COC(=O)N[C@H](C(N)=O)C(C)(C)C.[HH].[HH].[HH]. The Kier molecular flexibility index (Phi) is 22.0. The number of piperazine rings is 1. The fourth-order valence-electron chi connectivity index (χ4n) is 8.74. The normalized spacial score (nSPS) is 17.9. The number of ether oxygens (including phenoxy) is 3. The zero-order chi connectivity index (χ0) is 56.7. The Morgan fingerprint density at radius 1 is 0.895 bits per heavy atom. The predicted molar refractivity (Wildman–Crippen MR) is 282 cm³/mol. The molecule has 4 heterocycles. The van der Waals surface area contributed by atoms with E-state index in [2.05, 4.69) is 60.2 Å².